The highest BCUT2D eigenvalue weighted by Crippen LogP contribution is 2.38. The van der Waals surface area contributed by atoms with E-state index in [1.165, 1.54) is 17.4 Å². The topological polar surface area (TPSA) is 20.2 Å². The Balaban J connectivity index is 2.15. The lowest BCUT2D eigenvalue weighted by atomic mass is 10.0. The van der Waals surface area contributed by atoms with E-state index in [0.717, 1.165) is 24.6 Å². The van der Waals surface area contributed by atoms with Gasteiger partial charge < -0.3 is 5.11 Å². The second-order valence-corrected chi connectivity index (χ2v) is 7.03. The van der Waals surface area contributed by atoms with Crippen molar-refractivity contribution in [1.82, 2.24) is 0 Å². The van der Waals surface area contributed by atoms with Gasteiger partial charge in [-0.1, -0.05) is 28.1 Å². The number of benzene rings is 2. The van der Waals surface area contributed by atoms with E-state index in [-0.39, 0.29) is 5.56 Å². The van der Waals surface area contributed by atoms with Crippen LogP contribution in [0.1, 0.15) is 17.2 Å². The number of hydrogen-bond donors (Lipinski definition) is 1. The molecule has 3 aromatic rings. The van der Waals surface area contributed by atoms with E-state index in [0.29, 0.717) is 0 Å². The number of hydrogen-bond acceptors (Lipinski definition) is 2. The molecule has 3 rings (SSSR count). The lowest BCUT2D eigenvalue weighted by Gasteiger charge is -2.12. The molecule has 0 amide bonds. The highest BCUT2D eigenvalue weighted by atomic mass is 79.9. The zero-order valence-electron chi connectivity index (χ0n) is 10.1. The van der Waals surface area contributed by atoms with Crippen LogP contribution < -0.4 is 0 Å². The van der Waals surface area contributed by atoms with E-state index in [2.05, 4.69) is 31.9 Å². The summed E-state index contributed by atoms with van der Waals surface area (Å²) in [6.45, 7) is 0. The number of rotatable bonds is 2. The highest BCUT2D eigenvalue weighted by Gasteiger charge is 2.19. The zero-order chi connectivity index (χ0) is 14.3. The molecule has 0 aliphatic carbocycles. The summed E-state index contributed by atoms with van der Waals surface area (Å²) in [4.78, 5) is 0. The van der Waals surface area contributed by atoms with E-state index in [4.69, 9.17) is 0 Å². The molecular weight excluding hydrogens is 407 g/mol. The van der Waals surface area contributed by atoms with E-state index >= 15 is 0 Å². The predicted molar refractivity (Wildman–Crippen MR) is 87.7 cm³/mol. The first kappa shape index (κ1) is 14.2. The predicted octanol–water partition coefficient (Wildman–Crippen LogP) is 5.65. The van der Waals surface area contributed by atoms with Crippen LogP contribution in [0, 0.1) is 5.82 Å². The molecule has 102 valence electrons. The van der Waals surface area contributed by atoms with Crippen molar-refractivity contribution in [3.05, 3.63) is 67.7 Å². The van der Waals surface area contributed by atoms with E-state index < -0.39 is 11.9 Å². The summed E-state index contributed by atoms with van der Waals surface area (Å²) >= 11 is 8.33. The first-order valence-electron chi connectivity index (χ1n) is 5.86. The van der Waals surface area contributed by atoms with Crippen LogP contribution in [0.4, 0.5) is 4.39 Å². The first-order valence-corrected chi connectivity index (χ1v) is 8.33. The van der Waals surface area contributed by atoms with Gasteiger partial charge in [-0.25, -0.2) is 4.39 Å². The molecule has 5 heteroatoms. The quantitative estimate of drug-likeness (QED) is 0.573. The van der Waals surface area contributed by atoms with Crippen molar-refractivity contribution in [2.75, 3.05) is 0 Å². The maximum absolute atomic E-state index is 13.9. The van der Waals surface area contributed by atoms with Crippen LogP contribution in [0.25, 0.3) is 10.1 Å². The highest BCUT2D eigenvalue weighted by molar-refractivity contribution is 9.11. The molecule has 0 bridgehead atoms. The first-order chi connectivity index (χ1) is 9.58. The molecule has 1 unspecified atom stereocenters. The summed E-state index contributed by atoms with van der Waals surface area (Å²) < 4.78 is 16.7. The Labute approximate surface area is 136 Å². The number of thiophene rings is 1. The third kappa shape index (κ3) is 2.44. The van der Waals surface area contributed by atoms with Crippen molar-refractivity contribution in [3.63, 3.8) is 0 Å². The van der Waals surface area contributed by atoms with Gasteiger partial charge >= 0.3 is 0 Å². The van der Waals surface area contributed by atoms with Crippen LogP contribution in [0.3, 0.4) is 0 Å². The summed E-state index contributed by atoms with van der Waals surface area (Å²) in [5.74, 6) is -0.407. The summed E-state index contributed by atoms with van der Waals surface area (Å²) in [6.07, 6.45) is -0.976. The maximum Gasteiger partial charge on any atom is 0.129 e. The van der Waals surface area contributed by atoms with Gasteiger partial charge in [-0.2, -0.15) is 0 Å². The van der Waals surface area contributed by atoms with Crippen LogP contribution in [-0.2, 0) is 0 Å². The Hall–Kier alpha value is -0.750. The molecule has 0 aliphatic heterocycles. The molecule has 1 aromatic heterocycles. The van der Waals surface area contributed by atoms with E-state index in [9.17, 15) is 9.50 Å². The fraction of sp³-hybridized carbons (Fsp3) is 0.0667. The molecule has 0 aliphatic rings. The Bertz CT molecular complexity index is 785. The molecule has 1 atom stereocenters. The van der Waals surface area contributed by atoms with Gasteiger partial charge in [-0.05, 0) is 51.0 Å². The average Bonchev–Trinajstić information content (AvgIpc) is 2.86. The standard InChI is InChI=1S/C15H9Br2FOS/c16-8-4-5-13(18)10(6-8)14(19)11-7-20-15-9(11)2-1-3-12(15)17/h1-7,14,19H. The molecule has 1 N–H and O–H groups in total. The van der Waals surface area contributed by atoms with Gasteiger partial charge in [0.2, 0.25) is 0 Å². The lowest BCUT2D eigenvalue weighted by Crippen LogP contribution is -2.01. The molecule has 1 nitrogen and oxygen atoms in total. The van der Waals surface area contributed by atoms with Crippen molar-refractivity contribution in [3.8, 4) is 0 Å². The molecule has 0 fully saturated rings. The second kappa shape index (κ2) is 5.56. The van der Waals surface area contributed by atoms with Gasteiger partial charge in [-0.15, -0.1) is 11.3 Å². The van der Waals surface area contributed by atoms with Crippen molar-refractivity contribution in [2.24, 2.45) is 0 Å². The smallest absolute Gasteiger partial charge is 0.129 e. The van der Waals surface area contributed by atoms with Gasteiger partial charge in [0.05, 0.1) is 0 Å². The van der Waals surface area contributed by atoms with Crippen LogP contribution in [-0.4, -0.2) is 5.11 Å². The second-order valence-electron chi connectivity index (χ2n) is 4.38. The molecule has 0 saturated heterocycles. The third-order valence-corrected chi connectivity index (χ3v) is 5.59. The van der Waals surface area contributed by atoms with E-state index in [1.54, 1.807) is 12.1 Å². The molecule has 0 radical (unpaired) electrons. The normalized spacial score (nSPS) is 12.8. The largest absolute Gasteiger partial charge is 0.383 e. The molecule has 0 spiro atoms. The van der Waals surface area contributed by atoms with Gasteiger partial charge in [0, 0.05) is 24.8 Å². The van der Waals surface area contributed by atoms with Crippen molar-refractivity contribution < 1.29 is 9.50 Å². The fourth-order valence-corrected chi connectivity index (χ4v) is 4.16. The Morgan fingerprint density at radius 1 is 1.10 bits per heavy atom. The van der Waals surface area contributed by atoms with Gasteiger partial charge in [-0.3, -0.25) is 0 Å². The van der Waals surface area contributed by atoms with Crippen LogP contribution >= 0.6 is 43.2 Å². The van der Waals surface area contributed by atoms with Crippen molar-refractivity contribution in [2.45, 2.75) is 6.10 Å². The molecule has 2 aromatic carbocycles. The van der Waals surface area contributed by atoms with Crippen molar-refractivity contribution in [1.29, 1.82) is 0 Å². The number of fused-ring (bicyclic) bond motifs is 1. The van der Waals surface area contributed by atoms with E-state index in [1.807, 2.05) is 23.6 Å². The van der Waals surface area contributed by atoms with Gasteiger partial charge in [0.1, 0.15) is 11.9 Å². The zero-order valence-corrected chi connectivity index (χ0v) is 14.1. The third-order valence-electron chi connectivity index (χ3n) is 3.13. The fourth-order valence-electron chi connectivity index (χ4n) is 2.15. The average molecular weight is 416 g/mol. The summed E-state index contributed by atoms with van der Waals surface area (Å²) in [5, 5.41) is 13.3. The minimum Gasteiger partial charge on any atom is -0.383 e. The van der Waals surface area contributed by atoms with Crippen molar-refractivity contribution >= 4 is 53.3 Å². The van der Waals surface area contributed by atoms with Crippen LogP contribution in [0.2, 0.25) is 0 Å². The SMILES string of the molecule is OC(c1cc(Br)ccc1F)c1csc2c(Br)cccc12. The molecule has 20 heavy (non-hydrogen) atoms. The summed E-state index contributed by atoms with van der Waals surface area (Å²) in [7, 11) is 0. The Kier molecular flexibility index (Phi) is 3.95. The van der Waals surface area contributed by atoms with Gasteiger partial charge in [0.25, 0.3) is 0 Å². The lowest BCUT2D eigenvalue weighted by molar-refractivity contribution is 0.217. The maximum atomic E-state index is 13.9. The Morgan fingerprint density at radius 3 is 2.70 bits per heavy atom. The minimum absolute atomic E-state index is 0.277. The molecular formula is C15H9Br2FOS. The van der Waals surface area contributed by atoms with Gasteiger partial charge in [0.15, 0.2) is 0 Å². The minimum atomic E-state index is -0.976. The number of aliphatic hydroxyl groups is 1. The van der Waals surface area contributed by atoms with Crippen LogP contribution in [0.15, 0.2) is 50.7 Å². The monoisotopic (exact) mass is 414 g/mol. The number of halogens is 3. The summed E-state index contributed by atoms with van der Waals surface area (Å²) in [5.41, 5.74) is 1.00. The van der Waals surface area contributed by atoms with Crippen LogP contribution in [0.5, 0.6) is 0 Å². The summed E-state index contributed by atoms with van der Waals surface area (Å²) in [6, 6.07) is 10.4. The molecule has 0 saturated carbocycles. The molecule has 1 heterocycles. The number of aliphatic hydroxyl groups excluding tert-OH is 1. The Morgan fingerprint density at radius 2 is 1.90 bits per heavy atom.